The van der Waals surface area contributed by atoms with Crippen LogP contribution in [0.2, 0.25) is 0 Å². The second-order valence-corrected chi connectivity index (χ2v) is 5.84. The maximum Gasteiger partial charge on any atom is 0.251 e. The highest BCUT2D eigenvalue weighted by atomic mass is 32.1. The van der Waals surface area contributed by atoms with E-state index in [9.17, 15) is 13.6 Å². The molecule has 2 heterocycles. The number of rotatable bonds is 5. The Bertz CT molecular complexity index is 754. The fourth-order valence-electron chi connectivity index (χ4n) is 2.20. The van der Waals surface area contributed by atoms with E-state index in [4.69, 9.17) is 0 Å². The minimum atomic E-state index is -1.04. The van der Waals surface area contributed by atoms with E-state index in [0.717, 1.165) is 17.0 Å². The third-order valence-corrected chi connectivity index (χ3v) is 4.33. The lowest BCUT2D eigenvalue weighted by Crippen LogP contribution is -2.31. The molecule has 0 aliphatic rings. The Labute approximate surface area is 135 Å². The molecule has 1 amide bonds. The first-order valence-electron chi connectivity index (χ1n) is 6.91. The van der Waals surface area contributed by atoms with Crippen molar-refractivity contribution in [2.24, 2.45) is 0 Å². The SMILES string of the molecule is O=C(NC[C@@H](c1cccs1)n1cccn1)c1ccc(F)c(F)c1. The Morgan fingerprint density at radius 1 is 1.26 bits per heavy atom. The molecule has 0 unspecified atom stereocenters. The first-order chi connectivity index (χ1) is 11.1. The van der Waals surface area contributed by atoms with Gasteiger partial charge in [-0.25, -0.2) is 8.78 Å². The van der Waals surface area contributed by atoms with Gasteiger partial charge in [0.1, 0.15) is 6.04 Å². The largest absolute Gasteiger partial charge is 0.350 e. The highest BCUT2D eigenvalue weighted by Gasteiger charge is 2.17. The molecule has 0 radical (unpaired) electrons. The molecule has 0 bridgehead atoms. The summed E-state index contributed by atoms with van der Waals surface area (Å²) < 4.78 is 27.9. The molecule has 1 aromatic carbocycles. The van der Waals surface area contributed by atoms with Crippen molar-refractivity contribution in [2.75, 3.05) is 6.54 Å². The van der Waals surface area contributed by atoms with Crippen LogP contribution >= 0.6 is 11.3 Å². The third kappa shape index (κ3) is 3.45. The van der Waals surface area contributed by atoms with Gasteiger partial charge in [0.25, 0.3) is 5.91 Å². The zero-order valence-electron chi connectivity index (χ0n) is 11.9. The number of carbonyl (C=O) groups excluding carboxylic acids is 1. The van der Waals surface area contributed by atoms with Crippen molar-refractivity contribution in [1.82, 2.24) is 15.1 Å². The summed E-state index contributed by atoms with van der Waals surface area (Å²) in [5.41, 5.74) is 0.0781. The molecule has 3 rings (SSSR count). The number of aromatic nitrogens is 2. The van der Waals surface area contributed by atoms with Gasteiger partial charge in [0.2, 0.25) is 0 Å². The Morgan fingerprint density at radius 2 is 2.13 bits per heavy atom. The van der Waals surface area contributed by atoms with E-state index >= 15 is 0 Å². The van der Waals surface area contributed by atoms with Crippen LogP contribution in [0.1, 0.15) is 21.3 Å². The van der Waals surface area contributed by atoms with Crippen molar-refractivity contribution in [2.45, 2.75) is 6.04 Å². The van der Waals surface area contributed by atoms with Gasteiger partial charge >= 0.3 is 0 Å². The number of nitrogens with zero attached hydrogens (tertiary/aromatic N) is 2. The lowest BCUT2D eigenvalue weighted by molar-refractivity contribution is 0.0949. The summed E-state index contributed by atoms with van der Waals surface area (Å²) in [5.74, 6) is -2.48. The van der Waals surface area contributed by atoms with E-state index in [1.165, 1.54) is 6.07 Å². The molecule has 23 heavy (non-hydrogen) atoms. The number of amides is 1. The first-order valence-corrected chi connectivity index (χ1v) is 7.79. The second kappa shape index (κ2) is 6.70. The standard InChI is InChI=1S/C16H13F2N3OS/c17-12-5-4-11(9-13(12)18)16(22)19-10-14(15-3-1-8-23-15)21-7-2-6-20-21/h1-9,14H,10H2,(H,19,22)/t14-/m0/s1. The summed E-state index contributed by atoms with van der Waals surface area (Å²) in [7, 11) is 0. The predicted octanol–water partition coefficient (Wildman–Crippen LogP) is 3.24. The summed E-state index contributed by atoms with van der Waals surface area (Å²) >= 11 is 1.56. The molecule has 0 saturated heterocycles. The zero-order chi connectivity index (χ0) is 16.2. The average Bonchev–Trinajstić information content (AvgIpc) is 3.24. The molecule has 3 aromatic rings. The van der Waals surface area contributed by atoms with Crippen LogP contribution in [-0.2, 0) is 0 Å². The monoisotopic (exact) mass is 333 g/mol. The van der Waals surface area contributed by atoms with Crippen molar-refractivity contribution in [3.05, 3.63) is 76.2 Å². The Kier molecular flexibility index (Phi) is 4.47. The minimum Gasteiger partial charge on any atom is -0.350 e. The molecule has 7 heteroatoms. The van der Waals surface area contributed by atoms with Gasteiger partial charge in [-0.05, 0) is 35.7 Å². The fraction of sp³-hybridized carbons (Fsp3) is 0.125. The molecule has 2 aromatic heterocycles. The minimum absolute atomic E-state index is 0.0781. The van der Waals surface area contributed by atoms with Gasteiger partial charge in [0, 0.05) is 29.4 Å². The molecule has 1 atom stereocenters. The predicted molar refractivity (Wildman–Crippen MR) is 83.4 cm³/mol. The molecule has 0 fully saturated rings. The van der Waals surface area contributed by atoms with Gasteiger partial charge in [-0.1, -0.05) is 6.07 Å². The second-order valence-electron chi connectivity index (χ2n) is 4.86. The van der Waals surface area contributed by atoms with Crippen LogP contribution in [0.3, 0.4) is 0 Å². The smallest absolute Gasteiger partial charge is 0.251 e. The number of hydrogen-bond donors (Lipinski definition) is 1. The molecule has 4 nitrogen and oxygen atoms in total. The van der Waals surface area contributed by atoms with E-state index in [2.05, 4.69) is 10.4 Å². The lowest BCUT2D eigenvalue weighted by Gasteiger charge is -2.17. The fourth-order valence-corrected chi connectivity index (χ4v) is 3.02. The summed E-state index contributed by atoms with van der Waals surface area (Å²) in [6.07, 6.45) is 3.48. The van der Waals surface area contributed by atoms with Crippen molar-refractivity contribution >= 4 is 17.2 Å². The maximum atomic E-state index is 13.2. The lowest BCUT2D eigenvalue weighted by atomic mass is 10.2. The van der Waals surface area contributed by atoms with E-state index in [1.54, 1.807) is 28.3 Å². The Hall–Kier alpha value is -2.54. The van der Waals surface area contributed by atoms with E-state index in [0.29, 0.717) is 6.54 Å². The van der Waals surface area contributed by atoms with Crippen molar-refractivity contribution in [1.29, 1.82) is 0 Å². The van der Waals surface area contributed by atoms with Gasteiger partial charge in [0.05, 0.1) is 0 Å². The van der Waals surface area contributed by atoms with E-state index < -0.39 is 17.5 Å². The quantitative estimate of drug-likeness (QED) is 0.779. The van der Waals surface area contributed by atoms with Crippen molar-refractivity contribution < 1.29 is 13.6 Å². The third-order valence-electron chi connectivity index (χ3n) is 3.35. The van der Waals surface area contributed by atoms with Crippen LogP contribution in [0.15, 0.2) is 54.2 Å². The maximum absolute atomic E-state index is 13.2. The van der Waals surface area contributed by atoms with Crippen LogP contribution < -0.4 is 5.32 Å². The Morgan fingerprint density at radius 3 is 2.78 bits per heavy atom. The van der Waals surface area contributed by atoms with E-state index in [1.807, 2.05) is 23.7 Å². The molecular weight excluding hydrogens is 320 g/mol. The highest BCUT2D eigenvalue weighted by molar-refractivity contribution is 7.10. The Balaban J connectivity index is 1.74. The first kappa shape index (κ1) is 15.4. The number of hydrogen-bond acceptors (Lipinski definition) is 3. The molecule has 1 N–H and O–H groups in total. The molecule has 118 valence electrons. The van der Waals surface area contributed by atoms with Crippen molar-refractivity contribution in [3.63, 3.8) is 0 Å². The van der Waals surface area contributed by atoms with Gasteiger partial charge < -0.3 is 5.32 Å². The summed E-state index contributed by atoms with van der Waals surface area (Å²) in [4.78, 5) is 13.2. The van der Waals surface area contributed by atoms with E-state index in [-0.39, 0.29) is 11.6 Å². The number of halogens is 2. The zero-order valence-corrected chi connectivity index (χ0v) is 12.8. The number of benzene rings is 1. The summed E-state index contributed by atoms with van der Waals surface area (Å²) in [6.45, 7) is 0.292. The van der Waals surface area contributed by atoms with Crippen LogP contribution in [0.5, 0.6) is 0 Å². The van der Waals surface area contributed by atoms with Crippen LogP contribution in [0, 0.1) is 11.6 Å². The van der Waals surface area contributed by atoms with Gasteiger partial charge in [-0.3, -0.25) is 9.48 Å². The number of thiophene rings is 1. The number of nitrogens with one attached hydrogen (secondary N) is 1. The molecular formula is C16H13F2N3OS. The number of carbonyl (C=O) groups is 1. The molecule has 0 aliphatic carbocycles. The topological polar surface area (TPSA) is 46.9 Å². The van der Waals surface area contributed by atoms with Crippen LogP contribution in [-0.4, -0.2) is 22.2 Å². The normalized spacial score (nSPS) is 12.1. The summed E-state index contributed by atoms with van der Waals surface area (Å²) in [5, 5.41) is 8.90. The highest BCUT2D eigenvalue weighted by Crippen LogP contribution is 2.22. The molecule has 0 saturated carbocycles. The van der Waals surface area contributed by atoms with Crippen LogP contribution in [0.25, 0.3) is 0 Å². The average molecular weight is 333 g/mol. The van der Waals surface area contributed by atoms with Gasteiger partial charge in [-0.15, -0.1) is 11.3 Å². The van der Waals surface area contributed by atoms with Crippen molar-refractivity contribution in [3.8, 4) is 0 Å². The summed E-state index contributed by atoms with van der Waals surface area (Å²) in [6, 6.07) is 8.61. The van der Waals surface area contributed by atoms with Gasteiger partial charge in [-0.2, -0.15) is 5.10 Å². The van der Waals surface area contributed by atoms with Gasteiger partial charge in [0.15, 0.2) is 11.6 Å². The molecule has 0 spiro atoms. The van der Waals surface area contributed by atoms with Crippen LogP contribution in [0.4, 0.5) is 8.78 Å². The molecule has 0 aliphatic heterocycles.